The Balaban J connectivity index is 4.03. The molecular formula is C57H116N2O6P+. The Morgan fingerprint density at radius 1 is 0.500 bits per heavy atom. The monoisotopic (exact) mass is 956 g/mol. The Bertz CT molecular complexity index is 1080. The van der Waals surface area contributed by atoms with Gasteiger partial charge in [-0.25, -0.2) is 4.57 Å². The van der Waals surface area contributed by atoms with Crippen LogP contribution in [-0.2, 0) is 18.4 Å². The van der Waals surface area contributed by atoms with Crippen LogP contribution < -0.4 is 5.32 Å². The number of amides is 1. The molecule has 0 aromatic rings. The summed E-state index contributed by atoms with van der Waals surface area (Å²) in [5, 5.41) is 14.0. The Kier molecular flexibility index (Phi) is 48.7. The normalized spacial score (nSPS) is 14.0. The summed E-state index contributed by atoms with van der Waals surface area (Å²) in [6.07, 6.45) is 60.0. The number of aliphatic hydroxyl groups is 1. The number of nitrogens with one attached hydrogen (secondary N) is 1. The van der Waals surface area contributed by atoms with Crippen molar-refractivity contribution in [1.29, 1.82) is 0 Å². The van der Waals surface area contributed by atoms with E-state index in [4.69, 9.17) is 9.05 Å². The molecule has 394 valence electrons. The van der Waals surface area contributed by atoms with Gasteiger partial charge in [0.1, 0.15) is 13.2 Å². The van der Waals surface area contributed by atoms with Crippen LogP contribution in [0.2, 0.25) is 0 Å². The average molecular weight is 957 g/mol. The van der Waals surface area contributed by atoms with Gasteiger partial charge in [0.05, 0.1) is 39.9 Å². The largest absolute Gasteiger partial charge is 0.472 e. The third-order valence-electron chi connectivity index (χ3n) is 13.5. The highest BCUT2D eigenvalue weighted by Gasteiger charge is 2.28. The van der Waals surface area contributed by atoms with E-state index in [0.717, 1.165) is 51.4 Å². The molecule has 3 atom stereocenters. The van der Waals surface area contributed by atoms with Crippen molar-refractivity contribution in [3.05, 3.63) is 12.2 Å². The zero-order chi connectivity index (χ0) is 48.5. The van der Waals surface area contributed by atoms with Gasteiger partial charge in [-0.15, -0.1) is 0 Å². The van der Waals surface area contributed by atoms with E-state index in [1.807, 2.05) is 21.1 Å². The first-order chi connectivity index (χ1) is 32.0. The molecule has 0 heterocycles. The zero-order valence-corrected chi connectivity index (χ0v) is 45.9. The van der Waals surface area contributed by atoms with Gasteiger partial charge in [0.2, 0.25) is 5.91 Å². The second-order valence-electron chi connectivity index (χ2n) is 21.4. The topological polar surface area (TPSA) is 105 Å². The maximum absolute atomic E-state index is 12.9. The first kappa shape index (κ1) is 65.2. The van der Waals surface area contributed by atoms with E-state index >= 15 is 0 Å². The lowest BCUT2D eigenvalue weighted by Gasteiger charge is -2.26. The molecule has 0 rings (SSSR count). The van der Waals surface area contributed by atoms with Gasteiger partial charge in [0, 0.05) is 6.42 Å². The molecule has 0 bridgehead atoms. The van der Waals surface area contributed by atoms with E-state index in [-0.39, 0.29) is 19.1 Å². The molecule has 0 fully saturated rings. The Labute approximate surface area is 412 Å². The van der Waals surface area contributed by atoms with Crippen molar-refractivity contribution in [3.8, 4) is 0 Å². The molecule has 0 spiro atoms. The second-order valence-corrected chi connectivity index (χ2v) is 22.8. The maximum Gasteiger partial charge on any atom is 0.472 e. The van der Waals surface area contributed by atoms with Crippen LogP contribution in [0.4, 0.5) is 0 Å². The van der Waals surface area contributed by atoms with Crippen molar-refractivity contribution in [1.82, 2.24) is 5.32 Å². The number of carbonyl (C=O) groups excluding carboxylic acids is 1. The summed E-state index contributed by atoms with van der Waals surface area (Å²) >= 11 is 0. The molecule has 0 aromatic heterocycles. The fraction of sp³-hybridized carbons (Fsp3) is 0.947. The molecular weight excluding hydrogens is 840 g/mol. The highest BCUT2D eigenvalue weighted by molar-refractivity contribution is 7.47. The molecule has 1 amide bonds. The smallest absolute Gasteiger partial charge is 0.391 e. The number of likely N-dealkylation sites (N-methyl/N-ethyl adjacent to an activating group) is 1. The third-order valence-corrected chi connectivity index (χ3v) is 14.5. The fourth-order valence-corrected chi connectivity index (χ4v) is 9.66. The molecule has 3 N–H and O–H groups in total. The van der Waals surface area contributed by atoms with Crippen molar-refractivity contribution < 1.29 is 32.9 Å². The SMILES string of the molecule is CCCCCCC/C=C\CCCCCCCC(=O)NC(COP(=O)(O)OCC[N+](C)(C)C)C(O)CCCCCCCCCCCCCCCCCCCCCCCCCCCCCCCC. The van der Waals surface area contributed by atoms with E-state index in [0.29, 0.717) is 23.9 Å². The van der Waals surface area contributed by atoms with E-state index in [1.54, 1.807) is 0 Å². The van der Waals surface area contributed by atoms with Gasteiger partial charge in [0.15, 0.2) is 0 Å². The quantitative estimate of drug-likeness (QED) is 0.0243. The van der Waals surface area contributed by atoms with Crippen molar-refractivity contribution in [3.63, 3.8) is 0 Å². The minimum absolute atomic E-state index is 0.0753. The third kappa shape index (κ3) is 51.1. The standard InChI is InChI=1S/C57H115N2O6P/c1-6-8-10-12-14-16-18-20-22-23-24-25-26-27-28-29-30-31-32-33-34-35-36-37-38-40-42-44-46-48-50-56(60)55(54-65-66(62,63)64-53-52-59(3,4)5)58-57(61)51-49-47-45-43-41-39-21-19-17-15-13-11-9-7-2/h19,21,55-56,60H,6-18,20,22-54H2,1-5H3,(H-,58,61,62,63)/p+1/b21-19-. The summed E-state index contributed by atoms with van der Waals surface area (Å²) in [5.74, 6) is -0.149. The van der Waals surface area contributed by atoms with E-state index < -0.39 is 20.0 Å². The lowest BCUT2D eigenvalue weighted by molar-refractivity contribution is -0.870. The van der Waals surface area contributed by atoms with Crippen LogP contribution in [0.25, 0.3) is 0 Å². The van der Waals surface area contributed by atoms with Crippen LogP contribution in [0.5, 0.6) is 0 Å². The van der Waals surface area contributed by atoms with Gasteiger partial charge >= 0.3 is 7.82 Å². The minimum Gasteiger partial charge on any atom is -0.391 e. The molecule has 0 aliphatic heterocycles. The van der Waals surface area contributed by atoms with Crippen molar-refractivity contribution in [2.45, 2.75) is 309 Å². The van der Waals surface area contributed by atoms with Crippen LogP contribution in [0, 0.1) is 0 Å². The molecule has 8 nitrogen and oxygen atoms in total. The highest BCUT2D eigenvalue weighted by atomic mass is 31.2. The van der Waals surface area contributed by atoms with E-state index in [9.17, 15) is 19.4 Å². The Morgan fingerprint density at radius 3 is 1.17 bits per heavy atom. The molecule has 66 heavy (non-hydrogen) atoms. The summed E-state index contributed by atoms with van der Waals surface area (Å²) in [6.45, 7) is 4.91. The Hall–Kier alpha value is -0.760. The lowest BCUT2D eigenvalue weighted by atomic mass is 10.0. The molecule has 3 unspecified atom stereocenters. The highest BCUT2D eigenvalue weighted by Crippen LogP contribution is 2.43. The second kappa shape index (κ2) is 49.2. The first-order valence-corrected chi connectivity index (χ1v) is 30.5. The zero-order valence-electron chi connectivity index (χ0n) is 45.0. The molecule has 0 aromatic carbocycles. The maximum atomic E-state index is 12.9. The van der Waals surface area contributed by atoms with Gasteiger partial charge in [0.25, 0.3) is 0 Å². The number of allylic oxidation sites excluding steroid dienone is 2. The predicted octanol–water partition coefficient (Wildman–Crippen LogP) is 17.4. The fourth-order valence-electron chi connectivity index (χ4n) is 8.93. The first-order valence-electron chi connectivity index (χ1n) is 29.1. The number of phosphoric ester groups is 1. The number of hydrogen-bond donors (Lipinski definition) is 3. The van der Waals surface area contributed by atoms with Crippen LogP contribution in [-0.4, -0.2) is 73.4 Å². The molecule has 0 saturated heterocycles. The summed E-state index contributed by atoms with van der Waals surface area (Å²) in [5.41, 5.74) is 0. The van der Waals surface area contributed by atoms with Crippen LogP contribution >= 0.6 is 7.82 Å². The van der Waals surface area contributed by atoms with Crippen molar-refractivity contribution in [2.24, 2.45) is 0 Å². The van der Waals surface area contributed by atoms with Crippen molar-refractivity contribution >= 4 is 13.7 Å². The van der Waals surface area contributed by atoms with Crippen LogP contribution in [0.15, 0.2) is 12.2 Å². The predicted molar refractivity (Wildman–Crippen MR) is 286 cm³/mol. The van der Waals surface area contributed by atoms with Gasteiger partial charge in [-0.05, 0) is 38.5 Å². The molecule has 0 aliphatic rings. The number of hydrogen-bond acceptors (Lipinski definition) is 5. The molecule has 0 aliphatic carbocycles. The summed E-state index contributed by atoms with van der Waals surface area (Å²) in [7, 11) is 1.62. The molecule has 9 heteroatoms. The van der Waals surface area contributed by atoms with Crippen LogP contribution in [0.1, 0.15) is 296 Å². The van der Waals surface area contributed by atoms with Crippen molar-refractivity contribution in [2.75, 3.05) is 40.9 Å². The van der Waals surface area contributed by atoms with E-state index in [2.05, 4.69) is 31.3 Å². The average Bonchev–Trinajstić information content (AvgIpc) is 3.28. The van der Waals surface area contributed by atoms with Crippen LogP contribution in [0.3, 0.4) is 0 Å². The van der Waals surface area contributed by atoms with Gasteiger partial charge in [-0.2, -0.15) is 0 Å². The molecule has 0 saturated carbocycles. The number of aliphatic hydroxyl groups excluding tert-OH is 1. The summed E-state index contributed by atoms with van der Waals surface area (Å²) in [6, 6.07) is -0.762. The number of carbonyl (C=O) groups is 1. The van der Waals surface area contributed by atoms with E-state index in [1.165, 1.54) is 218 Å². The number of unbranched alkanes of at least 4 members (excludes halogenated alkanes) is 39. The Morgan fingerprint density at radius 2 is 0.818 bits per heavy atom. The number of rotatable bonds is 54. The molecule has 0 radical (unpaired) electrons. The minimum atomic E-state index is -4.32. The number of nitrogens with zero attached hydrogens (tertiary/aromatic N) is 1. The van der Waals surface area contributed by atoms with Gasteiger partial charge in [-0.1, -0.05) is 264 Å². The number of phosphoric acid groups is 1. The summed E-state index contributed by atoms with van der Waals surface area (Å²) < 4.78 is 23.7. The number of quaternary nitrogens is 1. The summed E-state index contributed by atoms with van der Waals surface area (Å²) in [4.78, 5) is 23.3. The lowest BCUT2D eigenvalue weighted by Crippen LogP contribution is -2.46. The van der Waals surface area contributed by atoms with Gasteiger partial charge in [-0.3, -0.25) is 13.8 Å². The van der Waals surface area contributed by atoms with Gasteiger partial charge < -0.3 is 19.8 Å².